The number of para-hydroxylation sites is 2. The van der Waals surface area contributed by atoms with Crippen LogP contribution in [-0.4, -0.2) is 18.7 Å². The maximum absolute atomic E-state index is 11.9. The van der Waals surface area contributed by atoms with E-state index in [0.29, 0.717) is 12.4 Å². The largest absolute Gasteiger partial charge is 0.449 e. The molecule has 0 spiro atoms. The molecule has 1 amide bonds. The van der Waals surface area contributed by atoms with Gasteiger partial charge < -0.3 is 9.47 Å². The molecule has 0 aliphatic heterocycles. The highest BCUT2D eigenvalue weighted by atomic mass is 16.5. The van der Waals surface area contributed by atoms with Gasteiger partial charge in [0.2, 0.25) is 0 Å². The number of hydrogen-bond donors (Lipinski definition) is 1. The van der Waals surface area contributed by atoms with Crippen molar-refractivity contribution in [3.63, 3.8) is 0 Å². The summed E-state index contributed by atoms with van der Waals surface area (Å²) in [6.45, 7) is 3.88. The van der Waals surface area contributed by atoms with E-state index in [0.717, 1.165) is 48.9 Å². The molecule has 0 saturated carbocycles. The summed E-state index contributed by atoms with van der Waals surface area (Å²) in [4.78, 5) is 23.1. The van der Waals surface area contributed by atoms with E-state index in [-0.39, 0.29) is 5.97 Å². The highest BCUT2D eigenvalue weighted by molar-refractivity contribution is 5.85. The fourth-order valence-corrected chi connectivity index (χ4v) is 2.75. The number of anilines is 1. The molecule has 0 aliphatic rings. The molecule has 2 rings (SSSR count). The van der Waals surface area contributed by atoms with E-state index >= 15 is 0 Å². The molecule has 1 N–H and O–H groups in total. The Labute approximate surface area is 160 Å². The Hall–Kier alpha value is -2.82. The lowest BCUT2D eigenvalue weighted by Crippen LogP contribution is -2.15. The molecule has 0 saturated heterocycles. The number of carbonyl (C=O) groups is 2. The van der Waals surface area contributed by atoms with Gasteiger partial charge in [-0.25, -0.2) is 4.79 Å². The van der Waals surface area contributed by atoms with Gasteiger partial charge in [0.1, 0.15) is 5.75 Å². The van der Waals surface area contributed by atoms with Crippen LogP contribution in [0.2, 0.25) is 0 Å². The van der Waals surface area contributed by atoms with E-state index in [9.17, 15) is 9.59 Å². The van der Waals surface area contributed by atoms with Crippen LogP contribution in [0.25, 0.3) is 0 Å². The quantitative estimate of drug-likeness (QED) is 0.378. The Morgan fingerprint density at radius 2 is 1.59 bits per heavy atom. The summed E-state index contributed by atoms with van der Waals surface area (Å²) >= 11 is 0. The molecule has 0 bridgehead atoms. The predicted octanol–water partition coefficient (Wildman–Crippen LogP) is 5.14. The lowest BCUT2D eigenvalue weighted by atomic mass is 10.0. The lowest BCUT2D eigenvalue weighted by Gasteiger charge is -2.12. The molecule has 0 unspecified atom stereocenters. The Bertz CT molecular complexity index is 757. The predicted molar refractivity (Wildman–Crippen MR) is 106 cm³/mol. The van der Waals surface area contributed by atoms with Gasteiger partial charge in [-0.1, -0.05) is 49.7 Å². The zero-order valence-corrected chi connectivity index (χ0v) is 16.0. The number of amides is 1. The van der Waals surface area contributed by atoms with Crippen LogP contribution in [0, 0.1) is 0 Å². The summed E-state index contributed by atoms with van der Waals surface area (Å²) in [6.07, 6.45) is 3.85. The van der Waals surface area contributed by atoms with Gasteiger partial charge in [-0.3, -0.25) is 10.1 Å². The lowest BCUT2D eigenvalue weighted by molar-refractivity contribution is -0.131. The monoisotopic (exact) mass is 369 g/mol. The van der Waals surface area contributed by atoms with Crippen molar-refractivity contribution in [2.45, 2.75) is 46.0 Å². The molecule has 27 heavy (non-hydrogen) atoms. The zero-order chi connectivity index (χ0) is 19.5. The van der Waals surface area contributed by atoms with Gasteiger partial charge in [-0.2, -0.15) is 0 Å². The van der Waals surface area contributed by atoms with Crippen LogP contribution < -0.4 is 10.1 Å². The molecule has 0 heterocycles. The topological polar surface area (TPSA) is 64.6 Å². The average molecular weight is 369 g/mol. The fraction of sp³-hybridized carbons (Fsp3) is 0.364. The number of esters is 1. The SMILES string of the molecule is CCCCOC(=O)Nc1ccccc1CCCc1ccccc1OC(C)=O. The molecule has 5 heteroatoms. The molecular weight excluding hydrogens is 342 g/mol. The summed E-state index contributed by atoms with van der Waals surface area (Å²) < 4.78 is 10.4. The molecule has 2 aromatic rings. The highest BCUT2D eigenvalue weighted by Crippen LogP contribution is 2.22. The molecule has 0 fully saturated rings. The van der Waals surface area contributed by atoms with E-state index in [1.165, 1.54) is 6.92 Å². The second-order valence-electron chi connectivity index (χ2n) is 6.33. The van der Waals surface area contributed by atoms with Crippen molar-refractivity contribution < 1.29 is 19.1 Å². The first-order chi connectivity index (χ1) is 13.1. The van der Waals surface area contributed by atoms with E-state index < -0.39 is 6.09 Å². The first-order valence-electron chi connectivity index (χ1n) is 9.38. The van der Waals surface area contributed by atoms with Crippen molar-refractivity contribution in [3.8, 4) is 5.75 Å². The van der Waals surface area contributed by atoms with E-state index in [1.807, 2.05) is 42.5 Å². The third-order valence-electron chi connectivity index (χ3n) is 4.10. The van der Waals surface area contributed by atoms with E-state index in [1.54, 1.807) is 6.07 Å². The summed E-state index contributed by atoms with van der Waals surface area (Å²) in [5.41, 5.74) is 2.82. The number of rotatable bonds is 9. The van der Waals surface area contributed by atoms with Crippen LogP contribution in [0.15, 0.2) is 48.5 Å². The van der Waals surface area contributed by atoms with Gasteiger partial charge in [0, 0.05) is 12.6 Å². The van der Waals surface area contributed by atoms with Gasteiger partial charge in [-0.15, -0.1) is 0 Å². The smallest absolute Gasteiger partial charge is 0.411 e. The van der Waals surface area contributed by atoms with Gasteiger partial charge in [0.25, 0.3) is 0 Å². The van der Waals surface area contributed by atoms with E-state index in [4.69, 9.17) is 9.47 Å². The van der Waals surface area contributed by atoms with Gasteiger partial charge in [0.15, 0.2) is 0 Å². The Kier molecular flexibility index (Phi) is 8.36. The second-order valence-corrected chi connectivity index (χ2v) is 6.33. The van der Waals surface area contributed by atoms with Gasteiger partial charge in [-0.05, 0) is 48.9 Å². The van der Waals surface area contributed by atoms with Crippen molar-refractivity contribution in [1.29, 1.82) is 0 Å². The molecule has 144 valence electrons. The van der Waals surface area contributed by atoms with E-state index in [2.05, 4.69) is 12.2 Å². The fourth-order valence-electron chi connectivity index (χ4n) is 2.75. The average Bonchev–Trinajstić information content (AvgIpc) is 2.64. The Morgan fingerprint density at radius 3 is 2.33 bits per heavy atom. The van der Waals surface area contributed by atoms with Crippen LogP contribution in [-0.2, 0) is 22.4 Å². The molecular formula is C22H27NO4. The first kappa shape index (κ1) is 20.5. The molecule has 0 aromatic heterocycles. The number of nitrogens with one attached hydrogen (secondary N) is 1. The summed E-state index contributed by atoms with van der Waals surface area (Å²) in [6, 6.07) is 15.3. The minimum Gasteiger partial charge on any atom is -0.449 e. The van der Waals surface area contributed by atoms with Gasteiger partial charge >= 0.3 is 12.1 Å². The minimum atomic E-state index is -0.420. The summed E-state index contributed by atoms with van der Waals surface area (Å²) in [5.74, 6) is 0.287. The summed E-state index contributed by atoms with van der Waals surface area (Å²) in [5, 5.41) is 2.83. The third-order valence-corrected chi connectivity index (χ3v) is 4.10. The normalized spacial score (nSPS) is 10.3. The highest BCUT2D eigenvalue weighted by Gasteiger charge is 2.09. The van der Waals surface area contributed by atoms with Crippen LogP contribution in [0.1, 0.15) is 44.2 Å². The number of benzene rings is 2. The third kappa shape index (κ3) is 7.13. The number of unbranched alkanes of at least 4 members (excludes halogenated alkanes) is 1. The number of aryl methyl sites for hydroxylation is 2. The number of carbonyl (C=O) groups excluding carboxylic acids is 2. The van der Waals surface area contributed by atoms with Crippen molar-refractivity contribution in [3.05, 3.63) is 59.7 Å². The molecule has 2 aromatic carbocycles. The zero-order valence-electron chi connectivity index (χ0n) is 16.0. The maximum Gasteiger partial charge on any atom is 0.411 e. The van der Waals surface area contributed by atoms with Crippen molar-refractivity contribution in [1.82, 2.24) is 0 Å². The van der Waals surface area contributed by atoms with Crippen LogP contribution in [0.5, 0.6) is 5.75 Å². The first-order valence-corrected chi connectivity index (χ1v) is 9.38. The standard InChI is InChI=1S/C22H27NO4/c1-3-4-16-26-22(25)23-20-14-7-5-10-18(20)12-9-13-19-11-6-8-15-21(19)27-17(2)24/h5-8,10-11,14-15H,3-4,9,12-13,16H2,1-2H3,(H,23,25). The summed E-state index contributed by atoms with van der Waals surface area (Å²) in [7, 11) is 0. The molecule has 0 radical (unpaired) electrons. The minimum absolute atomic E-state index is 0.321. The van der Waals surface area contributed by atoms with Crippen LogP contribution in [0.4, 0.5) is 10.5 Å². The number of hydrogen-bond acceptors (Lipinski definition) is 4. The second kappa shape index (κ2) is 11.0. The van der Waals surface area contributed by atoms with Crippen molar-refractivity contribution >= 4 is 17.7 Å². The maximum atomic E-state index is 11.9. The van der Waals surface area contributed by atoms with Crippen molar-refractivity contribution in [2.75, 3.05) is 11.9 Å². The van der Waals surface area contributed by atoms with Gasteiger partial charge in [0.05, 0.1) is 6.61 Å². The Balaban J connectivity index is 1.93. The number of ether oxygens (including phenoxy) is 2. The molecule has 0 aliphatic carbocycles. The molecule has 5 nitrogen and oxygen atoms in total. The molecule has 0 atom stereocenters. The van der Waals surface area contributed by atoms with Crippen LogP contribution in [0.3, 0.4) is 0 Å². The Morgan fingerprint density at radius 1 is 0.926 bits per heavy atom. The van der Waals surface area contributed by atoms with Crippen LogP contribution >= 0.6 is 0 Å². The van der Waals surface area contributed by atoms with Crippen molar-refractivity contribution in [2.24, 2.45) is 0 Å².